The molecule has 2 rings (SSSR count). The average Bonchev–Trinajstić information content (AvgIpc) is 2.75. The lowest BCUT2D eigenvalue weighted by Gasteiger charge is -1.93. The molecule has 0 aromatic carbocycles. The number of hydrogen-bond donors (Lipinski definition) is 0. The summed E-state index contributed by atoms with van der Waals surface area (Å²) < 4.78 is 27.1. The third kappa shape index (κ3) is 2.89. The van der Waals surface area contributed by atoms with Crippen molar-refractivity contribution in [3.05, 3.63) is 29.8 Å². The quantitative estimate of drug-likeness (QED) is 0.795. The molecule has 0 atom stereocenters. The van der Waals surface area contributed by atoms with Crippen LogP contribution in [0.25, 0.3) is 11.5 Å². The van der Waals surface area contributed by atoms with Crippen LogP contribution in [0.1, 0.15) is 11.5 Å². The lowest BCUT2D eigenvalue weighted by molar-refractivity contribution is 0.424. The summed E-state index contributed by atoms with van der Waals surface area (Å²) in [7, 11) is -3.21. The second-order valence-electron chi connectivity index (χ2n) is 3.63. The molecule has 0 saturated heterocycles. The van der Waals surface area contributed by atoms with Crippen LogP contribution in [0.15, 0.2) is 22.9 Å². The van der Waals surface area contributed by atoms with Gasteiger partial charge in [-0.1, -0.05) is 5.16 Å². The van der Waals surface area contributed by atoms with Crippen LogP contribution in [0, 0.1) is 11.3 Å². The third-order valence-corrected chi connectivity index (χ3v) is 2.76. The highest BCUT2D eigenvalue weighted by Gasteiger charge is 2.13. The molecule has 0 N–H and O–H groups in total. The van der Waals surface area contributed by atoms with Crippen LogP contribution in [0.3, 0.4) is 0 Å². The molecule has 2 aromatic heterocycles. The standard InChI is InChI=1S/C10H8N4O3S/c1-18(15,16)6-9-13-10(17-14-9)7-2-3-12-8(4-7)5-11/h2-4H,6H2,1H3. The highest BCUT2D eigenvalue weighted by molar-refractivity contribution is 7.89. The molecule has 0 aliphatic carbocycles. The monoisotopic (exact) mass is 264 g/mol. The fourth-order valence-electron chi connectivity index (χ4n) is 1.29. The van der Waals surface area contributed by atoms with E-state index in [0.29, 0.717) is 5.56 Å². The molecule has 0 unspecified atom stereocenters. The molecule has 0 amide bonds. The highest BCUT2D eigenvalue weighted by Crippen LogP contribution is 2.17. The Labute approximate surface area is 103 Å². The maximum absolute atomic E-state index is 11.1. The van der Waals surface area contributed by atoms with Gasteiger partial charge in [-0.3, -0.25) is 0 Å². The van der Waals surface area contributed by atoms with Crippen molar-refractivity contribution < 1.29 is 12.9 Å². The summed E-state index contributed by atoms with van der Waals surface area (Å²) in [6.07, 6.45) is 2.53. The summed E-state index contributed by atoms with van der Waals surface area (Å²) in [5.41, 5.74) is 0.740. The number of sulfone groups is 1. The summed E-state index contributed by atoms with van der Waals surface area (Å²) in [6, 6.07) is 4.96. The summed E-state index contributed by atoms with van der Waals surface area (Å²) in [6.45, 7) is 0. The zero-order valence-electron chi connectivity index (χ0n) is 9.36. The minimum absolute atomic E-state index is 0.0859. The van der Waals surface area contributed by atoms with Crippen molar-refractivity contribution in [2.24, 2.45) is 0 Å². The average molecular weight is 264 g/mol. The van der Waals surface area contributed by atoms with Gasteiger partial charge in [0.25, 0.3) is 5.89 Å². The Morgan fingerprint density at radius 3 is 2.94 bits per heavy atom. The predicted octanol–water partition coefficient (Wildman–Crippen LogP) is 0.548. The van der Waals surface area contributed by atoms with Crippen LogP contribution < -0.4 is 0 Å². The first-order valence-electron chi connectivity index (χ1n) is 4.85. The minimum Gasteiger partial charge on any atom is -0.334 e. The lowest BCUT2D eigenvalue weighted by Crippen LogP contribution is -2.02. The van der Waals surface area contributed by atoms with E-state index in [1.165, 1.54) is 12.3 Å². The lowest BCUT2D eigenvalue weighted by atomic mass is 10.2. The number of rotatable bonds is 3. The fraction of sp³-hybridized carbons (Fsp3) is 0.200. The summed E-state index contributed by atoms with van der Waals surface area (Å²) in [4.78, 5) is 7.75. The van der Waals surface area contributed by atoms with Gasteiger partial charge in [0.15, 0.2) is 15.7 Å². The molecule has 0 bridgehead atoms. The molecule has 0 aliphatic rings. The van der Waals surface area contributed by atoms with Crippen molar-refractivity contribution in [1.82, 2.24) is 15.1 Å². The van der Waals surface area contributed by atoms with Crippen molar-refractivity contribution in [1.29, 1.82) is 5.26 Å². The van der Waals surface area contributed by atoms with E-state index in [1.807, 2.05) is 6.07 Å². The van der Waals surface area contributed by atoms with Crippen LogP contribution in [-0.4, -0.2) is 29.8 Å². The van der Waals surface area contributed by atoms with Gasteiger partial charge in [-0.15, -0.1) is 0 Å². The van der Waals surface area contributed by atoms with Gasteiger partial charge in [-0.05, 0) is 12.1 Å². The minimum atomic E-state index is -3.21. The Kier molecular flexibility index (Phi) is 3.08. The molecule has 0 spiro atoms. The van der Waals surface area contributed by atoms with Gasteiger partial charge < -0.3 is 4.52 Å². The molecule has 0 saturated carbocycles. The largest absolute Gasteiger partial charge is 0.334 e. The Balaban J connectivity index is 2.32. The van der Waals surface area contributed by atoms with Crippen molar-refractivity contribution in [3.8, 4) is 17.5 Å². The normalized spacial score (nSPS) is 11.1. The van der Waals surface area contributed by atoms with E-state index in [9.17, 15) is 8.42 Å². The van der Waals surface area contributed by atoms with Crippen LogP contribution in [0.2, 0.25) is 0 Å². The van der Waals surface area contributed by atoms with Gasteiger partial charge in [-0.2, -0.15) is 10.2 Å². The summed E-state index contributed by atoms with van der Waals surface area (Å²) in [5, 5.41) is 12.3. The zero-order valence-corrected chi connectivity index (χ0v) is 10.2. The SMILES string of the molecule is CS(=O)(=O)Cc1noc(-c2ccnc(C#N)c2)n1. The van der Waals surface area contributed by atoms with E-state index in [1.54, 1.807) is 6.07 Å². The van der Waals surface area contributed by atoms with Gasteiger partial charge in [0.1, 0.15) is 17.5 Å². The molecule has 0 aliphatic heterocycles. The van der Waals surface area contributed by atoms with E-state index in [0.717, 1.165) is 6.26 Å². The maximum Gasteiger partial charge on any atom is 0.258 e. The molecular formula is C10H8N4O3S. The van der Waals surface area contributed by atoms with E-state index in [4.69, 9.17) is 9.78 Å². The van der Waals surface area contributed by atoms with E-state index in [2.05, 4.69) is 15.1 Å². The Hall–Kier alpha value is -2.27. The van der Waals surface area contributed by atoms with E-state index < -0.39 is 9.84 Å². The number of pyridine rings is 1. The van der Waals surface area contributed by atoms with E-state index in [-0.39, 0.29) is 23.2 Å². The first-order valence-corrected chi connectivity index (χ1v) is 6.91. The highest BCUT2D eigenvalue weighted by atomic mass is 32.2. The molecule has 7 nitrogen and oxygen atoms in total. The number of aromatic nitrogens is 3. The molecular weight excluding hydrogens is 256 g/mol. The van der Waals surface area contributed by atoms with Crippen LogP contribution in [0.4, 0.5) is 0 Å². The first-order chi connectivity index (χ1) is 8.48. The number of nitrogens with zero attached hydrogens (tertiary/aromatic N) is 4. The Bertz CT molecular complexity index is 715. The van der Waals surface area contributed by atoms with Gasteiger partial charge in [0.2, 0.25) is 0 Å². The smallest absolute Gasteiger partial charge is 0.258 e. The molecule has 0 fully saturated rings. The van der Waals surface area contributed by atoms with Crippen LogP contribution in [-0.2, 0) is 15.6 Å². The Morgan fingerprint density at radius 1 is 1.50 bits per heavy atom. The van der Waals surface area contributed by atoms with Gasteiger partial charge in [-0.25, -0.2) is 13.4 Å². The third-order valence-electron chi connectivity index (χ3n) is 1.98. The molecule has 18 heavy (non-hydrogen) atoms. The predicted molar refractivity (Wildman–Crippen MR) is 60.8 cm³/mol. The number of hydrogen-bond acceptors (Lipinski definition) is 7. The maximum atomic E-state index is 11.1. The number of nitriles is 1. The fourth-order valence-corrected chi connectivity index (χ4v) is 1.88. The van der Waals surface area contributed by atoms with Crippen molar-refractivity contribution >= 4 is 9.84 Å². The van der Waals surface area contributed by atoms with Crippen LogP contribution >= 0.6 is 0 Å². The van der Waals surface area contributed by atoms with Crippen LogP contribution in [0.5, 0.6) is 0 Å². The topological polar surface area (TPSA) is 110 Å². The molecule has 92 valence electrons. The summed E-state index contributed by atoms with van der Waals surface area (Å²) in [5.74, 6) is -0.0393. The summed E-state index contributed by atoms with van der Waals surface area (Å²) >= 11 is 0. The Morgan fingerprint density at radius 2 is 2.28 bits per heavy atom. The van der Waals surface area contributed by atoms with Gasteiger partial charge >= 0.3 is 0 Å². The molecule has 0 radical (unpaired) electrons. The zero-order chi connectivity index (χ0) is 13.2. The second-order valence-corrected chi connectivity index (χ2v) is 5.77. The first kappa shape index (κ1) is 12.2. The second kappa shape index (κ2) is 4.54. The van der Waals surface area contributed by atoms with Gasteiger partial charge in [0, 0.05) is 18.0 Å². The van der Waals surface area contributed by atoms with E-state index >= 15 is 0 Å². The van der Waals surface area contributed by atoms with Crippen molar-refractivity contribution in [3.63, 3.8) is 0 Å². The molecule has 2 aromatic rings. The van der Waals surface area contributed by atoms with Crippen molar-refractivity contribution in [2.75, 3.05) is 6.26 Å². The molecule has 2 heterocycles. The van der Waals surface area contributed by atoms with Crippen molar-refractivity contribution in [2.45, 2.75) is 5.75 Å². The van der Waals surface area contributed by atoms with Gasteiger partial charge in [0.05, 0.1) is 0 Å². The molecule has 8 heteroatoms.